The van der Waals surface area contributed by atoms with E-state index in [-0.39, 0.29) is 96.7 Å². The van der Waals surface area contributed by atoms with Crippen LogP contribution in [0.25, 0.3) is 10.4 Å². The van der Waals surface area contributed by atoms with Crippen molar-refractivity contribution < 1.29 is 106 Å². The first-order valence-electron chi connectivity index (χ1n) is 7.66. The van der Waals surface area contributed by atoms with Crippen LogP contribution in [0.1, 0.15) is 27.2 Å². The molecule has 0 aliphatic rings. The van der Waals surface area contributed by atoms with Gasteiger partial charge in [0.1, 0.15) is 0 Å². The van der Waals surface area contributed by atoms with Crippen molar-refractivity contribution in [2.45, 2.75) is 12.8 Å². The summed E-state index contributed by atoms with van der Waals surface area (Å²) >= 11 is 1.71. The van der Waals surface area contributed by atoms with Gasteiger partial charge in [-0.15, -0.1) is 15.8 Å². The monoisotopic (exact) mass is 523 g/mol. The van der Waals surface area contributed by atoms with Crippen LogP contribution >= 0.6 is 11.3 Å². The first-order chi connectivity index (χ1) is 12.1. The average molecular weight is 524 g/mol. The molecular weight excluding hydrogens is 507 g/mol. The molecule has 3 rings (SSSR count). The third-order valence-electron chi connectivity index (χ3n) is 3.48. The molecular formula is C21H17O3RbSY-2. The Hall–Kier alpha value is 0.0591. The molecule has 0 unspecified atom stereocenters. The van der Waals surface area contributed by atoms with Gasteiger partial charge in [0, 0.05) is 39.1 Å². The van der Waals surface area contributed by atoms with E-state index in [1.807, 2.05) is 48.5 Å². The second kappa shape index (κ2) is 15.0. The van der Waals surface area contributed by atoms with Crippen molar-refractivity contribution in [3.8, 4) is 10.4 Å². The van der Waals surface area contributed by atoms with Gasteiger partial charge in [-0.1, -0.05) is 48.4 Å². The summed E-state index contributed by atoms with van der Waals surface area (Å²) in [6, 6.07) is 23.0. The topological polar surface area (TPSA) is 54.4 Å². The van der Waals surface area contributed by atoms with Crippen molar-refractivity contribution in [3.05, 3.63) is 89.7 Å². The fourth-order valence-electron chi connectivity index (χ4n) is 2.32. The molecule has 131 valence electrons. The number of hydrogen-bond donors (Lipinski definition) is 1. The van der Waals surface area contributed by atoms with E-state index in [0.717, 1.165) is 22.4 Å². The maximum atomic E-state index is 12.2. The molecule has 1 radical (unpaired) electrons. The second-order valence-corrected chi connectivity index (χ2v) is 6.40. The van der Waals surface area contributed by atoms with Crippen molar-refractivity contribution in [2.75, 3.05) is 0 Å². The van der Waals surface area contributed by atoms with Crippen LogP contribution in [-0.2, 0) is 43.9 Å². The molecule has 0 amide bonds. The average Bonchev–Trinajstić information content (AvgIpc) is 3.10. The molecule has 0 atom stereocenters. The normalized spacial score (nSPS) is 9.04. The Kier molecular flexibility index (Phi) is 15.0. The number of carbonyl (C=O) groups is 1. The summed E-state index contributed by atoms with van der Waals surface area (Å²) in [7, 11) is 0. The third-order valence-corrected chi connectivity index (χ3v) is 4.63. The largest absolute Gasteiger partial charge is 1.00 e. The fourth-order valence-corrected chi connectivity index (χ4v) is 3.28. The van der Waals surface area contributed by atoms with E-state index in [1.165, 1.54) is 10.4 Å². The van der Waals surface area contributed by atoms with Crippen molar-refractivity contribution in [2.24, 2.45) is 0 Å². The Balaban J connectivity index is 0.00000127. The molecule has 1 heterocycles. The van der Waals surface area contributed by atoms with Crippen molar-refractivity contribution in [1.82, 2.24) is 0 Å². The molecule has 0 aliphatic carbocycles. The number of rotatable bonds is 5. The minimum atomic E-state index is 0. The summed E-state index contributed by atoms with van der Waals surface area (Å²) in [6.07, 6.45) is 1.24. The number of benzene rings is 2. The smallest absolute Gasteiger partial charge is 0.665 e. The maximum Gasteiger partial charge on any atom is 1.00 e. The maximum absolute atomic E-state index is 12.2. The summed E-state index contributed by atoms with van der Waals surface area (Å²) < 4.78 is 0. The number of aliphatic hydroxyl groups excluding tert-OH is 1. The van der Waals surface area contributed by atoms with E-state index in [9.17, 15) is 4.79 Å². The molecule has 0 bridgehead atoms. The SMILES string of the molecule is O=[C-]O.[CH2-]c1cccc(C(=O)CCc2[c-]cc(-c3ccccc3)s2)c1.[Rb+].[Y]. The van der Waals surface area contributed by atoms with Crippen LogP contribution in [0, 0.1) is 13.0 Å². The molecule has 6 heteroatoms. The van der Waals surface area contributed by atoms with E-state index in [2.05, 4.69) is 25.1 Å². The summed E-state index contributed by atoms with van der Waals surface area (Å²) in [4.78, 5) is 22.8. The Morgan fingerprint density at radius 3 is 2.44 bits per heavy atom. The van der Waals surface area contributed by atoms with E-state index >= 15 is 0 Å². The van der Waals surface area contributed by atoms with Gasteiger partial charge in [0.2, 0.25) is 0 Å². The molecule has 0 saturated carbocycles. The molecule has 27 heavy (non-hydrogen) atoms. The van der Waals surface area contributed by atoms with Crippen LogP contribution in [0.2, 0.25) is 0 Å². The molecule has 2 aromatic carbocycles. The van der Waals surface area contributed by atoms with Gasteiger partial charge in [-0.2, -0.15) is 24.6 Å². The Bertz CT molecular complexity index is 834. The zero-order valence-electron chi connectivity index (χ0n) is 15.1. The van der Waals surface area contributed by atoms with Gasteiger partial charge in [-0.3, -0.25) is 16.1 Å². The minimum absolute atomic E-state index is 0. The number of carbonyl (C=O) groups excluding carboxylic acids is 1. The molecule has 0 aliphatic heterocycles. The van der Waals surface area contributed by atoms with Crippen molar-refractivity contribution >= 4 is 23.6 Å². The second-order valence-electron chi connectivity index (χ2n) is 5.26. The Morgan fingerprint density at radius 1 is 1.15 bits per heavy atom. The van der Waals surface area contributed by atoms with Gasteiger partial charge in [-0.05, 0) is 12.0 Å². The first kappa shape index (κ1) is 27.1. The summed E-state index contributed by atoms with van der Waals surface area (Å²) in [5.74, 6) is 0.161. The minimum Gasteiger partial charge on any atom is -0.665 e. The number of ketones is 1. The van der Waals surface area contributed by atoms with E-state index < -0.39 is 0 Å². The van der Waals surface area contributed by atoms with E-state index in [1.54, 1.807) is 11.3 Å². The van der Waals surface area contributed by atoms with Gasteiger partial charge in [0.25, 0.3) is 0 Å². The summed E-state index contributed by atoms with van der Waals surface area (Å²) in [6.45, 7) is 4.36. The molecule has 3 aromatic rings. The fraction of sp³-hybridized carbons (Fsp3) is 0.0952. The summed E-state index contributed by atoms with van der Waals surface area (Å²) in [5.41, 5.74) is 2.82. The Morgan fingerprint density at radius 2 is 1.81 bits per heavy atom. The Labute approximate surface area is 238 Å². The van der Waals surface area contributed by atoms with E-state index in [4.69, 9.17) is 9.90 Å². The van der Waals surface area contributed by atoms with Gasteiger partial charge in [0.05, 0.1) is 0 Å². The van der Waals surface area contributed by atoms with Crippen molar-refractivity contribution in [3.63, 3.8) is 0 Å². The molecule has 0 spiro atoms. The van der Waals surface area contributed by atoms with Gasteiger partial charge in [0.15, 0.2) is 5.78 Å². The van der Waals surface area contributed by atoms with Gasteiger partial charge < -0.3 is 9.90 Å². The third kappa shape index (κ3) is 9.40. The predicted molar refractivity (Wildman–Crippen MR) is 100 cm³/mol. The van der Waals surface area contributed by atoms with Crippen LogP contribution in [-0.4, -0.2) is 17.4 Å². The number of thiophene rings is 1. The molecule has 0 fully saturated rings. The zero-order valence-corrected chi connectivity index (χ0v) is 23.7. The van der Waals surface area contributed by atoms with Crippen LogP contribution < -0.4 is 58.2 Å². The molecule has 3 nitrogen and oxygen atoms in total. The van der Waals surface area contributed by atoms with Crippen LogP contribution in [0.3, 0.4) is 0 Å². The number of hydrogen-bond acceptors (Lipinski definition) is 3. The van der Waals surface area contributed by atoms with Crippen LogP contribution in [0.15, 0.2) is 60.7 Å². The zero-order chi connectivity index (χ0) is 18.1. The molecule has 0 saturated heterocycles. The van der Waals surface area contributed by atoms with Crippen molar-refractivity contribution in [1.29, 1.82) is 0 Å². The van der Waals surface area contributed by atoms with E-state index in [0.29, 0.717) is 12.9 Å². The van der Waals surface area contributed by atoms with Gasteiger partial charge in [-0.25, -0.2) is 12.1 Å². The molecule has 1 N–H and O–H groups in total. The first-order valence-corrected chi connectivity index (χ1v) is 8.48. The standard InChI is InChI=1S/C20H16OS.CHO2.Rb.Y/c1-15-6-5-9-17(14-15)19(21)12-10-18-11-13-20(22-18)16-7-3-2-4-8-16;2-1-3;;/h2-9,13-14H,1,10,12H2;(H,2,3);;/q-2;-1;+1;. The summed E-state index contributed by atoms with van der Waals surface area (Å²) in [5, 5.41) is 6.76. The molecule has 1 aromatic heterocycles. The quantitative estimate of drug-likeness (QED) is 0.410. The van der Waals surface area contributed by atoms with Gasteiger partial charge >= 0.3 is 58.2 Å². The number of Topliss-reactive ketones (excluding diaryl/α,β-unsaturated/α-hetero) is 1. The van der Waals surface area contributed by atoms with Crippen LogP contribution in [0.4, 0.5) is 0 Å². The number of aryl methyl sites for hydroxylation is 1. The van der Waals surface area contributed by atoms with Crippen LogP contribution in [0.5, 0.6) is 0 Å². The predicted octanol–water partition coefficient (Wildman–Crippen LogP) is 1.83.